The van der Waals surface area contributed by atoms with Crippen LogP contribution in [0.2, 0.25) is 0 Å². The number of pyridine rings is 1. The number of benzene rings is 2. The molecule has 0 aliphatic carbocycles. The van der Waals surface area contributed by atoms with Gasteiger partial charge in [-0.1, -0.05) is 12.1 Å². The highest BCUT2D eigenvalue weighted by molar-refractivity contribution is 7.80. The Morgan fingerprint density at radius 1 is 1.08 bits per heavy atom. The number of ether oxygens (including phenoxy) is 2. The third kappa shape index (κ3) is 4.49. The Labute approximate surface area is 219 Å². The molecule has 2 aromatic carbocycles. The van der Waals surface area contributed by atoms with Crippen molar-refractivity contribution in [3.05, 3.63) is 95.5 Å². The van der Waals surface area contributed by atoms with Crippen molar-refractivity contribution in [2.45, 2.75) is 19.0 Å². The molecule has 2 unspecified atom stereocenters. The Balaban J connectivity index is 1.63. The predicted octanol–water partition coefficient (Wildman–Crippen LogP) is 5.54. The number of methoxy groups -OCH3 is 2. The summed E-state index contributed by atoms with van der Waals surface area (Å²) in [4.78, 5) is 17.9. The highest BCUT2D eigenvalue weighted by Crippen LogP contribution is 2.46. The Morgan fingerprint density at radius 2 is 1.92 bits per heavy atom. The molecule has 37 heavy (non-hydrogen) atoms. The van der Waals surface area contributed by atoms with Gasteiger partial charge in [-0.25, -0.2) is 4.79 Å². The van der Waals surface area contributed by atoms with Crippen LogP contribution in [0, 0.1) is 6.92 Å². The van der Waals surface area contributed by atoms with Gasteiger partial charge < -0.3 is 29.2 Å². The van der Waals surface area contributed by atoms with E-state index in [4.69, 9.17) is 26.1 Å². The quantitative estimate of drug-likeness (QED) is 0.307. The Morgan fingerprint density at radius 3 is 2.59 bits per heavy atom. The number of rotatable bonds is 7. The third-order valence-electron chi connectivity index (χ3n) is 6.40. The fourth-order valence-corrected chi connectivity index (χ4v) is 4.96. The summed E-state index contributed by atoms with van der Waals surface area (Å²) in [7, 11) is 3.22. The third-order valence-corrected chi connectivity index (χ3v) is 6.72. The maximum Gasteiger partial charge on any atom is 0.335 e. The number of nitrogens with one attached hydrogen (secondary N) is 1. The van der Waals surface area contributed by atoms with Crippen LogP contribution < -0.4 is 19.7 Å². The molecule has 0 saturated carbocycles. The van der Waals surface area contributed by atoms with Gasteiger partial charge in [0.25, 0.3) is 0 Å². The maximum absolute atomic E-state index is 11.4. The standard InChI is InChI=1S/C28H25N3O5S/c1-16-14-17(27(32)33)7-9-19(16)22-11-12-24(36-22)26-25(20-6-4-5-13-29-20)30-28(37)31(26)21-15-18(34-2)8-10-23(21)35-3/h4-15,25-26H,1-3H3,(H,30,37)(H,32,33). The summed E-state index contributed by atoms with van der Waals surface area (Å²) < 4.78 is 17.6. The van der Waals surface area contributed by atoms with E-state index in [1.54, 1.807) is 38.6 Å². The van der Waals surface area contributed by atoms with Gasteiger partial charge in [0.2, 0.25) is 0 Å². The van der Waals surface area contributed by atoms with Crippen molar-refractivity contribution >= 4 is 29.0 Å². The van der Waals surface area contributed by atoms with Crippen LogP contribution in [0.1, 0.15) is 39.5 Å². The van der Waals surface area contributed by atoms with Crippen molar-refractivity contribution in [2.75, 3.05) is 19.1 Å². The van der Waals surface area contributed by atoms with E-state index in [0.717, 1.165) is 22.5 Å². The number of thiocarbonyl (C=S) groups is 1. The molecule has 0 amide bonds. The molecule has 2 aromatic heterocycles. The summed E-state index contributed by atoms with van der Waals surface area (Å²) in [5, 5.41) is 13.2. The normalized spacial score (nSPS) is 16.9. The van der Waals surface area contributed by atoms with Crippen molar-refractivity contribution in [2.24, 2.45) is 0 Å². The first-order valence-electron chi connectivity index (χ1n) is 11.6. The van der Waals surface area contributed by atoms with Crippen LogP contribution in [0.4, 0.5) is 5.69 Å². The zero-order valence-electron chi connectivity index (χ0n) is 20.5. The van der Waals surface area contributed by atoms with Crippen LogP contribution in [0.3, 0.4) is 0 Å². The number of aromatic nitrogens is 1. The van der Waals surface area contributed by atoms with Gasteiger partial charge in [0.15, 0.2) is 5.11 Å². The predicted molar refractivity (Wildman–Crippen MR) is 143 cm³/mol. The van der Waals surface area contributed by atoms with Crippen molar-refractivity contribution in [3.8, 4) is 22.8 Å². The Kier molecular flexibility index (Phi) is 6.54. The van der Waals surface area contributed by atoms with E-state index in [0.29, 0.717) is 28.1 Å². The molecule has 8 nitrogen and oxygen atoms in total. The van der Waals surface area contributed by atoms with E-state index in [9.17, 15) is 9.90 Å². The highest BCUT2D eigenvalue weighted by atomic mass is 32.1. The van der Waals surface area contributed by atoms with Gasteiger partial charge in [-0.2, -0.15) is 0 Å². The molecule has 4 aromatic rings. The van der Waals surface area contributed by atoms with Gasteiger partial charge in [0.1, 0.15) is 29.1 Å². The lowest BCUT2D eigenvalue weighted by atomic mass is 10.0. The fourth-order valence-electron chi connectivity index (χ4n) is 4.62. The van der Waals surface area contributed by atoms with Gasteiger partial charge in [0, 0.05) is 17.8 Å². The molecular weight excluding hydrogens is 490 g/mol. The van der Waals surface area contributed by atoms with E-state index < -0.39 is 12.0 Å². The minimum atomic E-state index is -0.971. The van der Waals surface area contributed by atoms with E-state index in [1.165, 1.54) is 0 Å². The Hall–Kier alpha value is -4.37. The number of furan rings is 1. The van der Waals surface area contributed by atoms with Crippen molar-refractivity contribution in [1.29, 1.82) is 0 Å². The molecule has 0 bridgehead atoms. The van der Waals surface area contributed by atoms with Crippen LogP contribution in [0.25, 0.3) is 11.3 Å². The molecule has 1 fully saturated rings. The molecule has 2 atom stereocenters. The van der Waals surface area contributed by atoms with Gasteiger partial charge in [-0.3, -0.25) is 4.98 Å². The van der Waals surface area contributed by atoms with E-state index in [1.807, 2.05) is 60.4 Å². The zero-order valence-corrected chi connectivity index (χ0v) is 21.3. The molecule has 0 radical (unpaired) electrons. The molecule has 1 aliphatic heterocycles. The molecule has 2 N–H and O–H groups in total. The van der Waals surface area contributed by atoms with Crippen LogP contribution in [-0.4, -0.2) is 35.4 Å². The summed E-state index contributed by atoms with van der Waals surface area (Å²) in [5.74, 6) is 1.60. The first-order chi connectivity index (χ1) is 17.9. The van der Waals surface area contributed by atoms with E-state index >= 15 is 0 Å². The van der Waals surface area contributed by atoms with Crippen molar-refractivity contribution < 1.29 is 23.8 Å². The van der Waals surface area contributed by atoms with Crippen LogP contribution >= 0.6 is 12.2 Å². The highest BCUT2D eigenvalue weighted by Gasteiger charge is 2.43. The number of anilines is 1. The number of carbonyl (C=O) groups is 1. The first-order valence-corrected chi connectivity index (χ1v) is 12.0. The molecule has 9 heteroatoms. The molecule has 1 saturated heterocycles. The number of aromatic carboxylic acids is 1. The Bertz CT molecular complexity index is 1470. The molecule has 188 valence electrons. The minimum Gasteiger partial charge on any atom is -0.497 e. The lowest BCUT2D eigenvalue weighted by molar-refractivity contribution is 0.0696. The summed E-state index contributed by atoms with van der Waals surface area (Å²) in [6.45, 7) is 1.86. The zero-order chi connectivity index (χ0) is 26.1. The lowest BCUT2D eigenvalue weighted by Crippen LogP contribution is -2.29. The van der Waals surface area contributed by atoms with E-state index in [-0.39, 0.29) is 11.6 Å². The number of aryl methyl sites for hydroxylation is 1. The van der Waals surface area contributed by atoms with Gasteiger partial charge in [-0.15, -0.1) is 0 Å². The lowest BCUT2D eigenvalue weighted by Gasteiger charge is -2.27. The molecule has 5 rings (SSSR count). The minimum absolute atomic E-state index is 0.227. The van der Waals surface area contributed by atoms with Crippen LogP contribution in [0.15, 0.2) is 77.3 Å². The SMILES string of the molecule is COc1ccc(OC)c(N2C(=S)NC(c3ccccn3)C2c2ccc(-c3ccc(C(=O)O)cc3C)o2)c1. The number of carboxylic acid groups (broad SMARTS) is 1. The number of nitrogens with zero attached hydrogens (tertiary/aromatic N) is 2. The van der Waals surface area contributed by atoms with Crippen LogP contribution in [0.5, 0.6) is 11.5 Å². The average molecular weight is 516 g/mol. The molecule has 0 spiro atoms. The number of carboxylic acids is 1. The second-order valence-corrected chi connectivity index (χ2v) is 8.96. The number of hydrogen-bond acceptors (Lipinski definition) is 6. The van der Waals surface area contributed by atoms with Crippen molar-refractivity contribution in [1.82, 2.24) is 10.3 Å². The monoisotopic (exact) mass is 515 g/mol. The largest absolute Gasteiger partial charge is 0.497 e. The summed E-state index contributed by atoms with van der Waals surface area (Å²) in [6.07, 6.45) is 1.74. The molecule has 3 heterocycles. The summed E-state index contributed by atoms with van der Waals surface area (Å²) in [5.41, 5.74) is 3.37. The second-order valence-electron chi connectivity index (χ2n) is 8.57. The van der Waals surface area contributed by atoms with Crippen LogP contribution in [-0.2, 0) is 0 Å². The maximum atomic E-state index is 11.4. The summed E-state index contributed by atoms with van der Waals surface area (Å²) >= 11 is 5.82. The first kappa shape index (κ1) is 24.3. The average Bonchev–Trinajstić information content (AvgIpc) is 3.53. The van der Waals surface area contributed by atoms with Crippen molar-refractivity contribution in [3.63, 3.8) is 0 Å². The second kappa shape index (κ2) is 9.94. The number of hydrogen-bond donors (Lipinski definition) is 2. The van der Waals surface area contributed by atoms with Gasteiger partial charge >= 0.3 is 5.97 Å². The van der Waals surface area contributed by atoms with E-state index in [2.05, 4.69) is 10.3 Å². The van der Waals surface area contributed by atoms with Gasteiger partial charge in [0.05, 0.1) is 37.2 Å². The smallest absolute Gasteiger partial charge is 0.335 e. The summed E-state index contributed by atoms with van der Waals surface area (Å²) in [6, 6.07) is 19.3. The fraction of sp³-hybridized carbons (Fsp3) is 0.179. The molecular formula is C28H25N3O5S. The topological polar surface area (TPSA) is 97.1 Å². The molecule has 1 aliphatic rings. The van der Waals surface area contributed by atoms with Gasteiger partial charge in [-0.05, 0) is 73.2 Å².